The number of likely N-dealkylation sites (tertiary alicyclic amines) is 1. The number of ether oxygens (including phenoxy) is 2. The highest BCUT2D eigenvalue weighted by atomic mass is 79.9. The monoisotopic (exact) mass is 355 g/mol. The third-order valence-electron chi connectivity index (χ3n) is 3.70. The van der Waals surface area contributed by atoms with Crippen LogP contribution >= 0.6 is 15.9 Å². The number of carbonyl (C=O) groups is 1. The number of piperidine rings is 1. The average molecular weight is 356 g/mol. The normalized spacial score (nSPS) is 16.7. The molecule has 1 saturated heterocycles. The number of hydrogen-bond donors (Lipinski definition) is 0. The molecule has 0 amide bonds. The van der Waals surface area contributed by atoms with Gasteiger partial charge < -0.3 is 9.47 Å². The maximum Gasteiger partial charge on any atom is 0.309 e. The van der Waals surface area contributed by atoms with Gasteiger partial charge in [-0.05, 0) is 57.1 Å². The molecule has 5 heteroatoms. The fraction of sp³-hybridized carbons (Fsp3) is 0.562. The minimum Gasteiger partial charge on any atom is -0.492 e. The Balaban J connectivity index is 1.65. The minimum absolute atomic E-state index is 0.0386. The summed E-state index contributed by atoms with van der Waals surface area (Å²) in [5.74, 6) is 0.927. The zero-order chi connectivity index (χ0) is 15.1. The smallest absolute Gasteiger partial charge is 0.309 e. The predicted molar refractivity (Wildman–Crippen MR) is 85.4 cm³/mol. The Bertz CT molecular complexity index is 441. The van der Waals surface area contributed by atoms with Gasteiger partial charge in [0.05, 0.1) is 12.5 Å². The van der Waals surface area contributed by atoms with E-state index in [0.717, 1.165) is 42.7 Å². The van der Waals surface area contributed by atoms with Crippen molar-refractivity contribution in [2.24, 2.45) is 5.92 Å². The van der Waals surface area contributed by atoms with Gasteiger partial charge in [0.15, 0.2) is 0 Å². The molecule has 0 atom stereocenters. The van der Waals surface area contributed by atoms with Crippen molar-refractivity contribution in [2.75, 3.05) is 32.8 Å². The van der Waals surface area contributed by atoms with Crippen molar-refractivity contribution in [2.45, 2.75) is 19.8 Å². The van der Waals surface area contributed by atoms with Crippen molar-refractivity contribution in [1.29, 1.82) is 0 Å². The zero-order valence-electron chi connectivity index (χ0n) is 12.4. The molecule has 0 radical (unpaired) electrons. The minimum atomic E-state index is -0.0386. The first-order valence-corrected chi connectivity index (χ1v) is 8.25. The molecule has 0 bridgehead atoms. The highest BCUT2D eigenvalue weighted by Gasteiger charge is 2.25. The number of hydrogen-bond acceptors (Lipinski definition) is 4. The molecule has 116 valence electrons. The molecule has 0 N–H and O–H groups in total. The quantitative estimate of drug-likeness (QED) is 0.735. The van der Waals surface area contributed by atoms with E-state index in [1.807, 2.05) is 31.2 Å². The summed E-state index contributed by atoms with van der Waals surface area (Å²) in [4.78, 5) is 14.0. The van der Waals surface area contributed by atoms with Crippen LogP contribution < -0.4 is 4.74 Å². The maximum atomic E-state index is 11.7. The molecular formula is C16H22BrNO3. The van der Waals surface area contributed by atoms with Gasteiger partial charge in [0.2, 0.25) is 0 Å². The highest BCUT2D eigenvalue weighted by molar-refractivity contribution is 9.10. The maximum absolute atomic E-state index is 11.7. The lowest BCUT2D eigenvalue weighted by molar-refractivity contribution is -0.149. The molecule has 21 heavy (non-hydrogen) atoms. The fourth-order valence-corrected chi connectivity index (χ4v) is 2.74. The van der Waals surface area contributed by atoms with Crippen molar-refractivity contribution in [3.05, 3.63) is 28.7 Å². The van der Waals surface area contributed by atoms with Crippen LogP contribution in [0.4, 0.5) is 0 Å². The molecule has 0 saturated carbocycles. The summed E-state index contributed by atoms with van der Waals surface area (Å²) in [7, 11) is 0. The predicted octanol–water partition coefficient (Wildman–Crippen LogP) is 3.10. The number of nitrogens with zero attached hydrogens (tertiary/aromatic N) is 1. The first-order valence-electron chi connectivity index (χ1n) is 7.46. The lowest BCUT2D eigenvalue weighted by atomic mass is 9.97. The number of halogens is 1. The van der Waals surface area contributed by atoms with Gasteiger partial charge in [-0.25, -0.2) is 0 Å². The second kappa shape index (κ2) is 8.39. The van der Waals surface area contributed by atoms with Crippen molar-refractivity contribution >= 4 is 21.9 Å². The Kier molecular flexibility index (Phi) is 6.51. The van der Waals surface area contributed by atoms with Crippen LogP contribution in [-0.2, 0) is 9.53 Å². The van der Waals surface area contributed by atoms with E-state index in [1.54, 1.807) is 0 Å². The summed E-state index contributed by atoms with van der Waals surface area (Å²) in [6.45, 7) is 5.77. The van der Waals surface area contributed by atoms with Gasteiger partial charge in [0.25, 0.3) is 0 Å². The van der Waals surface area contributed by atoms with Crippen molar-refractivity contribution in [1.82, 2.24) is 4.90 Å². The molecule has 4 nitrogen and oxygen atoms in total. The molecule has 0 aromatic heterocycles. The summed E-state index contributed by atoms with van der Waals surface area (Å²) in [5, 5.41) is 0. The zero-order valence-corrected chi connectivity index (χ0v) is 14.0. The van der Waals surface area contributed by atoms with Gasteiger partial charge in [0, 0.05) is 11.0 Å². The third-order valence-corrected chi connectivity index (χ3v) is 4.23. The molecule has 0 unspecified atom stereocenters. The van der Waals surface area contributed by atoms with Gasteiger partial charge in [-0.2, -0.15) is 0 Å². The fourth-order valence-electron chi connectivity index (χ4n) is 2.48. The van der Waals surface area contributed by atoms with Crippen molar-refractivity contribution in [3.63, 3.8) is 0 Å². The van der Waals surface area contributed by atoms with E-state index in [4.69, 9.17) is 9.47 Å². The molecular weight excluding hydrogens is 334 g/mol. The summed E-state index contributed by atoms with van der Waals surface area (Å²) in [6, 6.07) is 7.86. The molecule has 1 fully saturated rings. The molecule has 1 aromatic rings. The van der Waals surface area contributed by atoms with Gasteiger partial charge in [-0.3, -0.25) is 9.69 Å². The molecule has 1 aliphatic rings. The summed E-state index contributed by atoms with van der Waals surface area (Å²) in [6.07, 6.45) is 1.77. The summed E-state index contributed by atoms with van der Waals surface area (Å²) >= 11 is 3.40. The van der Waals surface area contributed by atoms with Crippen LogP contribution in [0.3, 0.4) is 0 Å². The number of esters is 1. The summed E-state index contributed by atoms with van der Waals surface area (Å²) < 4.78 is 11.9. The lowest BCUT2D eigenvalue weighted by Crippen LogP contribution is -2.39. The summed E-state index contributed by atoms with van der Waals surface area (Å²) in [5.41, 5.74) is 0. The van der Waals surface area contributed by atoms with Gasteiger partial charge in [0.1, 0.15) is 12.4 Å². The van der Waals surface area contributed by atoms with E-state index in [2.05, 4.69) is 20.8 Å². The second-order valence-corrected chi connectivity index (χ2v) is 6.09. The SMILES string of the molecule is CCOC(=O)C1CCN(CCOc2ccc(Br)cc2)CC1. The van der Waals surface area contributed by atoms with Crippen LogP contribution in [0.1, 0.15) is 19.8 Å². The Morgan fingerprint density at radius 3 is 2.57 bits per heavy atom. The van der Waals surface area contributed by atoms with Crippen LogP contribution in [0.5, 0.6) is 5.75 Å². The largest absolute Gasteiger partial charge is 0.492 e. The Labute approximate surface area is 134 Å². The Hall–Kier alpha value is -1.07. The topological polar surface area (TPSA) is 38.8 Å². The first kappa shape index (κ1) is 16.3. The van der Waals surface area contributed by atoms with Gasteiger partial charge in [-0.1, -0.05) is 15.9 Å². The number of benzene rings is 1. The van der Waals surface area contributed by atoms with Crippen LogP contribution in [0.25, 0.3) is 0 Å². The average Bonchev–Trinajstić information content (AvgIpc) is 2.50. The Morgan fingerprint density at radius 2 is 1.95 bits per heavy atom. The lowest BCUT2D eigenvalue weighted by Gasteiger charge is -2.30. The first-order chi connectivity index (χ1) is 10.2. The molecule has 2 rings (SSSR count). The van der Waals surface area contributed by atoms with E-state index in [9.17, 15) is 4.79 Å². The van der Waals surface area contributed by atoms with Crippen LogP contribution in [0.2, 0.25) is 0 Å². The molecule has 1 heterocycles. The molecule has 1 aliphatic heterocycles. The second-order valence-electron chi connectivity index (χ2n) is 5.17. The van der Waals surface area contributed by atoms with Crippen molar-refractivity contribution in [3.8, 4) is 5.75 Å². The number of carbonyl (C=O) groups excluding carboxylic acids is 1. The molecule has 0 spiro atoms. The van der Waals surface area contributed by atoms with E-state index >= 15 is 0 Å². The van der Waals surface area contributed by atoms with E-state index in [0.29, 0.717) is 13.2 Å². The van der Waals surface area contributed by atoms with E-state index in [-0.39, 0.29) is 11.9 Å². The van der Waals surface area contributed by atoms with Crippen LogP contribution in [-0.4, -0.2) is 43.7 Å². The van der Waals surface area contributed by atoms with Crippen LogP contribution in [0.15, 0.2) is 28.7 Å². The third kappa shape index (κ3) is 5.32. The van der Waals surface area contributed by atoms with E-state index < -0.39 is 0 Å². The van der Waals surface area contributed by atoms with Crippen molar-refractivity contribution < 1.29 is 14.3 Å². The number of rotatable bonds is 6. The molecule has 0 aliphatic carbocycles. The van der Waals surface area contributed by atoms with Crippen LogP contribution in [0, 0.1) is 5.92 Å². The Morgan fingerprint density at radius 1 is 1.29 bits per heavy atom. The van der Waals surface area contributed by atoms with Gasteiger partial charge in [-0.15, -0.1) is 0 Å². The van der Waals surface area contributed by atoms with E-state index in [1.165, 1.54) is 0 Å². The van der Waals surface area contributed by atoms with Gasteiger partial charge >= 0.3 is 5.97 Å². The molecule has 1 aromatic carbocycles. The highest BCUT2D eigenvalue weighted by Crippen LogP contribution is 2.19. The standard InChI is InChI=1S/C16H22BrNO3/c1-2-20-16(19)13-7-9-18(10-8-13)11-12-21-15-5-3-14(17)4-6-15/h3-6,13H,2,7-12H2,1H3.